The van der Waals surface area contributed by atoms with Crippen molar-refractivity contribution in [3.05, 3.63) is 23.1 Å². The van der Waals surface area contributed by atoms with Gasteiger partial charge in [0.05, 0.1) is 17.6 Å². The Morgan fingerprint density at radius 2 is 2.20 bits per heavy atom. The van der Waals surface area contributed by atoms with Gasteiger partial charge in [-0.3, -0.25) is 4.79 Å². The average molecular weight is 297 g/mol. The Hall–Kier alpha value is -1.82. The summed E-state index contributed by atoms with van der Waals surface area (Å²) in [5.74, 6) is -0.346. The molecule has 0 fully saturated rings. The fraction of sp³-hybridized carbons (Fsp3) is 0.462. The number of ether oxygens (including phenoxy) is 1. The van der Waals surface area contributed by atoms with Crippen LogP contribution in [0, 0.1) is 0 Å². The van der Waals surface area contributed by atoms with E-state index in [1.165, 1.54) is 6.92 Å². The summed E-state index contributed by atoms with van der Waals surface area (Å²) in [5, 5.41) is 7.84. The number of carbonyl (C=O) groups is 1. The number of fused-ring (bicyclic) bond motifs is 1. The third-order valence-corrected chi connectivity index (χ3v) is 2.56. The number of hydrogen-bond donors (Lipinski definition) is 1. The topological polar surface area (TPSA) is 68.5 Å². The fourth-order valence-corrected chi connectivity index (χ4v) is 1.93. The summed E-state index contributed by atoms with van der Waals surface area (Å²) in [4.78, 5) is 15.2. The molecule has 2 heterocycles. The minimum absolute atomic E-state index is 0.116. The average Bonchev–Trinajstić information content (AvgIpc) is 2.67. The van der Waals surface area contributed by atoms with Crippen molar-refractivity contribution in [1.29, 1.82) is 0 Å². The summed E-state index contributed by atoms with van der Waals surface area (Å²) >= 11 is 6.00. The second kappa shape index (κ2) is 5.28. The molecule has 2 aromatic heterocycles. The minimum Gasteiger partial charge on any atom is -0.459 e. The highest BCUT2D eigenvalue weighted by Crippen LogP contribution is 2.23. The molecule has 2 aromatic rings. The van der Waals surface area contributed by atoms with Crippen molar-refractivity contribution in [2.75, 3.05) is 5.32 Å². The lowest BCUT2D eigenvalue weighted by molar-refractivity contribution is -0.142. The van der Waals surface area contributed by atoms with E-state index in [1.54, 1.807) is 16.8 Å². The molecule has 108 valence electrons. The van der Waals surface area contributed by atoms with Crippen molar-refractivity contribution in [1.82, 2.24) is 14.6 Å². The van der Waals surface area contributed by atoms with Crippen LogP contribution in [0.5, 0.6) is 0 Å². The van der Waals surface area contributed by atoms with Crippen LogP contribution in [0.3, 0.4) is 0 Å². The molecule has 0 aromatic carbocycles. The molecule has 0 aliphatic rings. The molecule has 1 N–H and O–H groups in total. The van der Waals surface area contributed by atoms with Gasteiger partial charge >= 0.3 is 5.97 Å². The van der Waals surface area contributed by atoms with Gasteiger partial charge in [-0.05, 0) is 20.8 Å². The van der Waals surface area contributed by atoms with Crippen LogP contribution in [0.2, 0.25) is 5.15 Å². The van der Waals surface area contributed by atoms with Crippen LogP contribution < -0.4 is 5.32 Å². The van der Waals surface area contributed by atoms with E-state index in [0.717, 1.165) is 5.69 Å². The molecule has 2 rings (SSSR count). The quantitative estimate of drug-likeness (QED) is 0.882. The van der Waals surface area contributed by atoms with E-state index < -0.39 is 0 Å². The predicted molar refractivity (Wildman–Crippen MR) is 76.8 cm³/mol. The number of nitrogens with zero attached hydrogens (tertiary/aromatic N) is 3. The van der Waals surface area contributed by atoms with Crippen LogP contribution in [0.4, 0.5) is 5.69 Å². The molecule has 0 radical (unpaired) electrons. The standard InChI is InChI=1S/C13H17ClN4O2/c1-8(19)20-7-9-6-18-12(15-9)10(5-11(14)17-18)16-13(2,3)4/h5-6,16H,7H2,1-4H3. The zero-order valence-electron chi connectivity index (χ0n) is 11.9. The van der Waals surface area contributed by atoms with E-state index in [9.17, 15) is 4.79 Å². The van der Waals surface area contributed by atoms with E-state index in [0.29, 0.717) is 16.5 Å². The SMILES string of the molecule is CC(=O)OCc1cn2nc(Cl)cc(NC(C)(C)C)c2n1. The number of rotatable bonds is 3. The largest absolute Gasteiger partial charge is 0.459 e. The summed E-state index contributed by atoms with van der Waals surface area (Å²) in [6, 6.07) is 1.73. The third-order valence-electron chi connectivity index (χ3n) is 2.38. The highest BCUT2D eigenvalue weighted by molar-refractivity contribution is 6.29. The van der Waals surface area contributed by atoms with Gasteiger partial charge in [0.15, 0.2) is 10.8 Å². The Balaban J connectivity index is 2.39. The number of aromatic nitrogens is 3. The Labute approximate surface area is 122 Å². The van der Waals surface area contributed by atoms with E-state index >= 15 is 0 Å². The van der Waals surface area contributed by atoms with E-state index in [1.807, 2.05) is 20.8 Å². The second-order valence-corrected chi connectivity index (χ2v) is 5.92. The molecule has 0 saturated carbocycles. The fourth-order valence-electron chi connectivity index (χ4n) is 1.73. The molecule has 20 heavy (non-hydrogen) atoms. The number of imidazole rings is 1. The Morgan fingerprint density at radius 1 is 1.50 bits per heavy atom. The Kier molecular flexibility index (Phi) is 3.85. The summed E-state index contributed by atoms with van der Waals surface area (Å²) in [6.07, 6.45) is 1.69. The zero-order chi connectivity index (χ0) is 14.9. The summed E-state index contributed by atoms with van der Waals surface area (Å²) in [6.45, 7) is 7.60. The number of nitrogens with one attached hydrogen (secondary N) is 1. The van der Waals surface area contributed by atoms with Gasteiger partial charge in [-0.1, -0.05) is 11.6 Å². The van der Waals surface area contributed by atoms with Gasteiger partial charge in [0.1, 0.15) is 6.61 Å². The highest BCUT2D eigenvalue weighted by Gasteiger charge is 2.15. The van der Waals surface area contributed by atoms with Crippen molar-refractivity contribution in [3.8, 4) is 0 Å². The summed E-state index contributed by atoms with van der Waals surface area (Å²) < 4.78 is 6.51. The number of anilines is 1. The van der Waals surface area contributed by atoms with E-state index in [2.05, 4.69) is 15.4 Å². The van der Waals surface area contributed by atoms with Crippen LogP contribution in [0.1, 0.15) is 33.4 Å². The van der Waals surface area contributed by atoms with Gasteiger partial charge in [0, 0.05) is 18.5 Å². The molecule has 0 bridgehead atoms. The first-order valence-electron chi connectivity index (χ1n) is 6.21. The van der Waals surface area contributed by atoms with Gasteiger partial charge in [0.25, 0.3) is 0 Å². The molecule has 0 unspecified atom stereocenters. The summed E-state index contributed by atoms with van der Waals surface area (Å²) in [7, 11) is 0. The van der Waals surface area contributed by atoms with Gasteiger partial charge in [-0.25, -0.2) is 9.50 Å². The third kappa shape index (κ3) is 3.60. The number of carbonyl (C=O) groups excluding carboxylic acids is 1. The van der Waals surface area contributed by atoms with Gasteiger partial charge in [0.2, 0.25) is 0 Å². The van der Waals surface area contributed by atoms with Crippen LogP contribution in [0.25, 0.3) is 5.65 Å². The van der Waals surface area contributed by atoms with Crippen molar-refractivity contribution in [2.24, 2.45) is 0 Å². The van der Waals surface area contributed by atoms with Crippen molar-refractivity contribution in [2.45, 2.75) is 39.8 Å². The second-order valence-electron chi connectivity index (χ2n) is 5.54. The lowest BCUT2D eigenvalue weighted by Gasteiger charge is -2.22. The lowest BCUT2D eigenvalue weighted by Crippen LogP contribution is -2.26. The Morgan fingerprint density at radius 3 is 2.80 bits per heavy atom. The number of hydrogen-bond acceptors (Lipinski definition) is 5. The molecule has 7 heteroatoms. The van der Waals surface area contributed by atoms with E-state index in [-0.39, 0.29) is 18.1 Å². The molecular formula is C13H17ClN4O2. The predicted octanol–water partition coefficient (Wildman–Crippen LogP) is 2.66. The first kappa shape index (κ1) is 14.6. The first-order chi connectivity index (χ1) is 9.24. The Bertz CT molecular complexity index is 646. The minimum atomic E-state index is -0.346. The maximum atomic E-state index is 10.8. The summed E-state index contributed by atoms with van der Waals surface area (Å²) in [5.41, 5.74) is 1.91. The number of halogens is 1. The molecule has 6 nitrogen and oxygen atoms in total. The number of esters is 1. The maximum absolute atomic E-state index is 10.8. The zero-order valence-corrected chi connectivity index (χ0v) is 12.7. The van der Waals surface area contributed by atoms with Crippen LogP contribution in [-0.4, -0.2) is 26.1 Å². The van der Waals surface area contributed by atoms with Crippen molar-refractivity contribution in [3.63, 3.8) is 0 Å². The molecular weight excluding hydrogens is 280 g/mol. The molecule has 0 spiro atoms. The molecule has 0 atom stereocenters. The van der Waals surface area contributed by atoms with Gasteiger partial charge in [-0.15, -0.1) is 0 Å². The van der Waals surface area contributed by atoms with Crippen LogP contribution in [0.15, 0.2) is 12.3 Å². The molecule has 0 amide bonds. The molecule has 0 saturated heterocycles. The lowest BCUT2D eigenvalue weighted by atomic mass is 10.1. The molecule has 0 aliphatic carbocycles. The molecule has 0 aliphatic heterocycles. The van der Waals surface area contributed by atoms with Crippen molar-refractivity contribution < 1.29 is 9.53 Å². The maximum Gasteiger partial charge on any atom is 0.303 e. The van der Waals surface area contributed by atoms with Gasteiger partial charge < -0.3 is 10.1 Å². The monoisotopic (exact) mass is 296 g/mol. The van der Waals surface area contributed by atoms with Crippen LogP contribution in [-0.2, 0) is 16.1 Å². The van der Waals surface area contributed by atoms with Crippen molar-refractivity contribution >= 4 is 28.9 Å². The van der Waals surface area contributed by atoms with Crippen LogP contribution >= 0.6 is 11.6 Å². The highest BCUT2D eigenvalue weighted by atomic mass is 35.5. The van der Waals surface area contributed by atoms with E-state index in [4.69, 9.17) is 16.3 Å². The normalized spacial score (nSPS) is 11.7. The first-order valence-corrected chi connectivity index (χ1v) is 6.59. The smallest absolute Gasteiger partial charge is 0.303 e. The van der Waals surface area contributed by atoms with Gasteiger partial charge in [-0.2, -0.15) is 5.10 Å².